The van der Waals surface area contributed by atoms with Gasteiger partial charge in [0.05, 0.1) is 0 Å². The molecule has 0 N–H and O–H groups in total. The van der Waals surface area contributed by atoms with E-state index in [4.69, 9.17) is 0 Å². The zero-order valence-electron chi connectivity index (χ0n) is 5.76. The third-order valence-electron chi connectivity index (χ3n) is 1.31. The van der Waals surface area contributed by atoms with Crippen LogP contribution in [0.25, 0.3) is 0 Å². The van der Waals surface area contributed by atoms with Crippen LogP contribution in [0.2, 0.25) is 0 Å². The van der Waals surface area contributed by atoms with Gasteiger partial charge in [0.1, 0.15) is 5.03 Å². The maximum Gasteiger partial charge on any atom is 0.113 e. The summed E-state index contributed by atoms with van der Waals surface area (Å²) in [5, 5.41) is 1.18. The quantitative estimate of drug-likeness (QED) is 0.584. The highest BCUT2D eigenvalue weighted by atomic mass is 32.2. The minimum absolute atomic E-state index is 1.18. The van der Waals surface area contributed by atoms with Crippen molar-refractivity contribution >= 4 is 23.3 Å². The molecule has 1 rings (SSSR count). The van der Waals surface area contributed by atoms with E-state index in [0.29, 0.717) is 0 Å². The maximum absolute atomic E-state index is 4.24. The summed E-state index contributed by atoms with van der Waals surface area (Å²) in [6.45, 7) is 4.22. The van der Waals surface area contributed by atoms with Gasteiger partial charge in [-0.3, -0.25) is 0 Å². The molecule has 0 fully saturated rings. The van der Waals surface area contributed by atoms with Gasteiger partial charge in [0, 0.05) is 4.88 Å². The fraction of sp³-hybridized carbons (Fsp3) is 0.500. The first-order valence-electron chi connectivity index (χ1n) is 2.72. The minimum atomic E-state index is 1.18. The molecule has 1 aromatic rings. The summed E-state index contributed by atoms with van der Waals surface area (Å²) in [7, 11) is 0. The highest BCUT2D eigenvalue weighted by Gasteiger charge is 2.02. The first-order valence-corrected chi connectivity index (χ1v) is 4.72. The van der Waals surface area contributed by atoms with Crippen molar-refractivity contribution in [3.63, 3.8) is 0 Å². The standard InChI is InChI=1S/C6H9NS2/c1-4-5(2)9-7-6(4)8-3/h1-3H3. The lowest BCUT2D eigenvalue weighted by Crippen LogP contribution is -1.72. The number of nitrogens with zero attached hydrogens (tertiary/aromatic N) is 1. The average Bonchev–Trinajstić information content (AvgIpc) is 2.15. The highest BCUT2D eigenvalue weighted by Crippen LogP contribution is 2.23. The van der Waals surface area contributed by atoms with Crippen LogP contribution >= 0.6 is 23.3 Å². The van der Waals surface area contributed by atoms with Crippen molar-refractivity contribution in [2.45, 2.75) is 18.9 Å². The van der Waals surface area contributed by atoms with Gasteiger partial charge in [-0.15, -0.1) is 11.8 Å². The van der Waals surface area contributed by atoms with Crippen molar-refractivity contribution in [3.05, 3.63) is 10.4 Å². The van der Waals surface area contributed by atoms with Crippen molar-refractivity contribution in [2.75, 3.05) is 6.26 Å². The smallest absolute Gasteiger partial charge is 0.113 e. The summed E-state index contributed by atoms with van der Waals surface area (Å²) >= 11 is 3.30. The van der Waals surface area contributed by atoms with E-state index in [1.54, 1.807) is 23.3 Å². The lowest BCUT2D eigenvalue weighted by atomic mass is 10.3. The summed E-state index contributed by atoms with van der Waals surface area (Å²) in [6.07, 6.45) is 2.06. The van der Waals surface area contributed by atoms with Gasteiger partial charge < -0.3 is 0 Å². The first kappa shape index (κ1) is 7.09. The minimum Gasteiger partial charge on any atom is -0.186 e. The molecule has 0 bridgehead atoms. The van der Waals surface area contributed by atoms with Crippen molar-refractivity contribution in [1.82, 2.24) is 4.37 Å². The van der Waals surface area contributed by atoms with Gasteiger partial charge in [-0.25, -0.2) is 0 Å². The molecule has 50 valence electrons. The second-order valence-electron chi connectivity index (χ2n) is 1.87. The molecular weight excluding hydrogens is 150 g/mol. The van der Waals surface area contributed by atoms with Crippen LogP contribution in [0.3, 0.4) is 0 Å². The Labute approximate surface area is 63.7 Å². The molecule has 1 heterocycles. The third-order valence-corrected chi connectivity index (χ3v) is 3.06. The summed E-state index contributed by atoms with van der Waals surface area (Å²) < 4.78 is 4.24. The van der Waals surface area contributed by atoms with E-state index in [9.17, 15) is 0 Å². The molecule has 0 spiro atoms. The molecule has 0 aromatic carbocycles. The largest absolute Gasteiger partial charge is 0.186 e. The second-order valence-corrected chi connectivity index (χ2v) is 3.65. The number of hydrogen-bond acceptors (Lipinski definition) is 3. The molecule has 0 saturated carbocycles. The number of rotatable bonds is 1. The number of hydrogen-bond donors (Lipinski definition) is 0. The van der Waals surface area contributed by atoms with E-state index in [1.807, 2.05) is 0 Å². The predicted octanol–water partition coefficient (Wildman–Crippen LogP) is 2.48. The molecule has 9 heavy (non-hydrogen) atoms. The molecule has 0 radical (unpaired) electrons. The molecule has 0 atom stereocenters. The molecule has 0 aliphatic heterocycles. The lowest BCUT2D eigenvalue weighted by molar-refractivity contribution is 1.20. The van der Waals surface area contributed by atoms with Crippen molar-refractivity contribution in [2.24, 2.45) is 0 Å². The molecule has 1 nitrogen and oxygen atoms in total. The normalized spacial score (nSPS) is 10.1. The van der Waals surface area contributed by atoms with E-state index in [-0.39, 0.29) is 0 Å². The van der Waals surface area contributed by atoms with Gasteiger partial charge in [-0.05, 0) is 37.2 Å². The Morgan fingerprint density at radius 2 is 2.11 bits per heavy atom. The Morgan fingerprint density at radius 1 is 1.44 bits per heavy atom. The van der Waals surface area contributed by atoms with E-state index < -0.39 is 0 Å². The molecule has 0 aliphatic rings. The number of aryl methyl sites for hydroxylation is 1. The van der Waals surface area contributed by atoms with E-state index in [0.717, 1.165) is 0 Å². The van der Waals surface area contributed by atoms with Crippen LogP contribution in [-0.2, 0) is 0 Å². The predicted molar refractivity (Wildman–Crippen MR) is 43.4 cm³/mol. The monoisotopic (exact) mass is 159 g/mol. The molecular formula is C6H9NS2. The van der Waals surface area contributed by atoms with Crippen LogP contribution in [-0.4, -0.2) is 10.6 Å². The topological polar surface area (TPSA) is 12.9 Å². The van der Waals surface area contributed by atoms with Gasteiger partial charge in [0.15, 0.2) is 0 Å². The summed E-state index contributed by atoms with van der Waals surface area (Å²) in [5.74, 6) is 0. The Hall–Kier alpha value is -0.0200. The summed E-state index contributed by atoms with van der Waals surface area (Å²) in [5.41, 5.74) is 1.34. The third kappa shape index (κ3) is 1.27. The van der Waals surface area contributed by atoms with Gasteiger partial charge in [-0.2, -0.15) is 4.37 Å². The van der Waals surface area contributed by atoms with Crippen molar-refractivity contribution in [3.8, 4) is 0 Å². The van der Waals surface area contributed by atoms with Crippen molar-refractivity contribution in [1.29, 1.82) is 0 Å². The summed E-state index contributed by atoms with van der Waals surface area (Å²) in [6, 6.07) is 0. The first-order chi connectivity index (χ1) is 4.25. The highest BCUT2D eigenvalue weighted by molar-refractivity contribution is 7.98. The maximum atomic E-state index is 4.24. The molecule has 0 saturated heterocycles. The van der Waals surface area contributed by atoms with Crippen LogP contribution in [0, 0.1) is 13.8 Å². The van der Waals surface area contributed by atoms with Crippen LogP contribution in [0.4, 0.5) is 0 Å². The molecule has 0 amide bonds. The van der Waals surface area contributed by atoms with Crippen LogP contribution in [0.15, 0.2) is 5.03 Å². The summed E-state index contributed by atoms with van der Waals surface area (Å²) in [4.78, 5) is 1.33. The Morgan fingerprint density at radius 3 is 2.33 bits per heavy atom. The van der Waals surface area contributed by atoms with Crippen LogP contribution in [0.1, 0.15) is 10.4 Å². The second kappa shape index (κ2) is 2.71. The Bertz CT molecular complexity index is 205. The van der Waals surface area contributed by atoms with Crippen molar-refractivity contribution < 1.29 is 0 Å². The average molecular weight is 159 g/mol. The van der Waals surface area contributed by atoms with Gasteiger partial charge in [0.2, 0.25) is 0 Å². The SMILES string of the molecule is CSc1nsc(C)c1C. The Kier molecular flexibility index (Phi) is 2.13. The van der Waals surface area contributed by atoms with Gasteiger partial charge >= 0.3 is 0 Å². The van der Waals surface area contributed by atoms with Gasteiger partial charge in [0.25, 0.3) is 0 Å². The molecule has 0 unspecified atom stereocenters. The fourth-order valence-electron chi connectivity index (χ4n) is 0.588. The van der Waals surface area contributed by atoms with Gasteiger partial charge in [-0.1, -0.05) is 0 Å². The zero-order chi connectivity index (χ0) is 6.85. The van der Waals surface area contributed by atoms with E-state index >= 15 is 0 Å². The zero-order valence-corrected chi connectivity index (χ0v) is 7.40. The fourth-order valence-corrected chi connectivity index (χ4v) is 2.11. The number of thioether (sulfide) groups is 1. The van der Waals surface area contributed by atoms with Crippen LogP contribution < -0.4 is 0 Å². The molecule has 0 aliphatic carbocycles. The lowest BCUT2D eigenvalue weighted by Gasteiger charge is -1.88. The molecule has 1 aromatic heterocycles. The molecule has 3 heteroatoms. The number of aromatic nitrogens is 1. The van der Waals surface area contributed by atoms with Crippen LogP contribution in [0.5, 0.6) is 0 Å². The van der Waals surface area contributed by atoms with E-state index in [1.165, 1.54) is 15.5 Å². The van der Waals surface area contributed by atoms with E-state index in [2.05, 4.69) is 24.5 Å². The Balaban J connectivity index is 3.04.